The Hall–Kier alpha value is -3.25. The van der Waals surface area contributed by atoms with Crippen LogP contribution in [0, 0.1) is 6.92 Å². The molecule has 0 saturated heterocycles. The van der Waals surface area contributed by atoms with Crippen LogP contribution in [0.5, 0.6) is 5.75 Å². The number of hydrogen-bond donors (Lipinski definition) is 1. The molecule has 4 rings (SSSR count). The van der Waals surface area contributed by atoms with E-state index in [1.807, 2.05) is 13.8 Å². The summed E-state index contributed by atoms with van der Waals surface area (Å²) in [7, 11) is 0. The Kier molecular flexibility index (Phi) is 4.43. The van der Waals surface area contributed by atoms with Crippen LogP contribution in [0.1, 0.15) is 70.7 Å². The van der Waals surface area contributed by atoms with Crippen LogP contribution < -0.4 is 10.4 Å². The number of carbonyl (C=O) groups excluding carboxylic acids is 2. The third kappa shape index (κ3) is 2.95. The molecule has 1 aromatic heterocycles. The third-order valence-corrected chi connectivity index (χ3v) is 5.22. The summed E-state index contributed by atoms with van der Waals surface area (Å²) in [5.41, 5.74) is -0.698. The molecule has 0 unspecified atom stereocenters. The molecule has 0 radical (unpaired) electrons. The molecule has 2 aromatic carbocycles. The Balaban J connectivity index is 2.07. The summed E-state index contributed by atoms with van der Waals surface area (Å²) in [5, 5.41) is 10.8. The van der Waals surface area contributed by atoms with Crippen molar-refractivity contribution in [1.82, 2.24) is 0 Å². The average Bonchev–Trinajstić information content (AvgIpc) is 2.64. The second-order valence-electron chi connectivity index (χ2n) is 8.37. The van der Waals surface area contributed by atoms with E-state index in [-0.39, 0.29) is 45.3 Å². The number of rotatable bonds is 3. The monoisotopic (exact) mass is 406 g/mol. The molecule has 1 heterocycles. The van der Waals surface area contributed by atoms with Crippen molar-refractivity contribution in [2.45, 2.75) is 46.3 Å². The maximum atomic E-state index is 13.5. The predicted octanol–water partition coefficient (Wildman–Crippen LogP) is 3.89. The van der Waals surface area contributed by atoms with Gasteiger partial charge in [-0.1, -0.05) is 12.1 Å². The second kappa shape index (κ2) is 6.64. The highest BCUT2D eigenvalue weighted by Crippen LogP contribution is 2.38. The van der Waals surface area contributed by atoms with E-state index in [9.17, 15) is 19.5 Å². The second-order valence-corrected chi connectivity index (χ2v) is 8.37. The van der Waals surface area contributed by atoms with Gasteiger partial charge in [0.25, 0.3) is 0 Å². The Morgan fingerprint density at radius 3 is 2.33 bits per heavy atom. The number of hydrogen-bond acceptors (Lipinski definition) is 6. The fourth-order valence-corrected chi connectivity index (χ4v) is 3.85. The van der Waals surface area contributed by atoms with E-state index in [0.29, 0.717) is 16.7 Å². The molecule has 0 fully saturated rings. The van der Waals surface area contributed by atoms with Gasteiger partial charge in [0.2, 0.25) is 5.78 Å². The summed E-state index contributed by atoms with van der Waals surface area (Å²) in [5.74, 6) is -0.441. The maximum absolute atomic E-state index is 13.5. The SMILES string of the molecule is Cc1cc2c(c3oc(=O)c(C(C)(C)O)cc13)C(=O)c1c(OC(C)C)cccc1C2=O. The zero-order valence-corrected chi connectivity index (χ0v) is 17.5. The number of ketones is 2. The zero-order chi connectivity index (χ0) is 22.0. The lowest BCUT2D eigenvalue weighted by molar-refractivity contribution is 0.0750. The first kappa shape index (κ1) is 20.0. The van der Waals surface area contributed by atoms with Crippen LogP contribution in [0.25, 0.3) is 11.0 Å². The van der Waals surface area contributed by atoms with E-state index in [0.717, 1.165) is 0 Å². The fourth-order valence-electron chi connectivity index (χ4n) is 3.85. The molecule has 0 bridgehead atoms. The van der Waals surface area contributed by atoms with E-state index in [1.54, 1.807) is 31.2 Å². The molecule has 1 N–H and O–H groups in total. The third-order valence-electron chi connectivity index (χ3n) is 5.22. The van der Waals surface area contributed by atoms with E-state index >= 15 is 0 Å². The minimum atomic E-state index is -1.41. The summed E-state index contributed by atoms with van der Waals surface area (Å²) in [6.45, 7) is 8.40. The van der Waals surface area contributed by atoms with Crippen LogP contribution in [0.2, 0.25) is 0 Å². The topological polar surface area (TPSA) is 93.8 Å². The number of aryl methyl sites for hydroxylation is 1. The molecule has 0 amide bonds. The predicted molar refractivity (Wildman–Crippen MR) is 112 cm³/mol. The van der Waals surface area contributed by atoms with Crippen molar-refractivity contribution in [2.75, 3.05) is 0 Å². The van der Waals surface area contributed by atoms with Crippen LogP contribution in [-0.4, -0.2) is 22.8 Å². The Bertz CT molecular complexity index is 1290. The first-order valence-corrected chi connectivity index (χ1v) is 9.74. The van der Waals surface area contributed by atoms with Gasteiger partial charge < -0.3 is 14.3 Å². The quantitative estimate of drug-likeness (QED) is 0.519. The average molecular weight is 406 g/mol. The zero-order valence-electron chi connectivity index (χ0n) is 17.5. The summed E-state index contributed by atoms with van der Waals surface area (Å²) < 4.78 is 11.3. The summed E-state index contributed by atoms with van der Waals surface area (Å²) in [6, 6.07) is 8.08. The lowest BCUT2D eigenvalue weighted by atomic mass is 9.81. The van der Waals surface area contributed by atoms with Crippen LogP contribution in [0.4, 0.5) is 0 Å². The largest absolute Gasteiger partial charge is 0.490 e. The van der Waals surface area contributed by atoms with E-state index in [4.69, 9.17) is 9.15 Å². The van der Waals surface area contributed by atoms with Gasteiger partial charge in [-0.2, -0.15) is 0 Å². The minimum absolute atomic E-state index is 0.0475. The van der Waals surface area contributed by atoms with Crippen LogP contribution in [-0.2, 0) is 5.60 Å². The lowest BCUT2D eigenvalue weighted by Crippen LogP contribution is -2.26. The van der Waals surface area contributed by atoms with Crippen molar-refractivity contribution >= 4 is 22.5 Å². The summed E-state index contributed by atoms with van der Waals surface area (Å²) in [6.07, 6.45) is -0.192. The minimum Gasteiger partial charge on any atom is -0.490 e. The highest BCUT2D eigenvalue weighted by molar-refractivity contribution is 6.32. The van der Waals surface area contributed by atoms with Gasteiger partial charge in [0.1, 0.15) is 5.75 Å². The fraction of sp³-hybridized carbons (Fsp3) is 0.292. The van der Waals surface area contributed by atoms with Gasteiger partial charge in [-0.05, 0) is 58.4 Å². The molecule has 3 aromatic rings. The highest BCUT2D eigenvalue weighted by Gasteiger charge is 2.36. The first-order valence-electron chi connectivity index (χ1n) is 9.74. The van der Waals surface area contributed by atoms with Crippen molar-refractivity contribution in [3.63, 3.8) is 0 Å². The number of carbonyl (C=O) groups is 2. The van der Waals surface area contributed by atoms with E-state index in [2.05, 4.69) is 0 Å². The van der Waals surface area contributed by atoms with E-state index < -0.39 is 17.0 Å². The first-order chi connectivity index (χ1) is 14.0. The molecule has 154 valence electrons. The van der Waals surface area contributed by atoms with Crippen molar-refractivity contribution in [3.05, 3.63) is 74.1 Å². The summed E-state index contributed by atoms with van der Waals surface area (Å²) in [4.78, 5) is 39.3. The molecule has 0 atom stereocenters. The van der Waals surface area contributed by atoms with Gasteiger partial charge >= 0.3 is 5.63 Å². The number of aliphatic hydroxyl groups is 1. The molecule has 6 nitrogen and oxygen atoms in total. The molecular formula is C24H22O6. The normalized spacial score (nSPS) is 13.6. The van der Waals surface area contributed by atoms with Crippen molar-refractivity contribution in [2.24, 2.45) is 0 Å². The van der Waals surface area contributed by atoms with Crippen LogP contribution in [0.3, 0.4) is 0 Å². The van der Waals surface area contributed by atoms with Gasteiger partial charge in [-0.3, -0.25) is 9.59 Å². The van der Waals surface area contributed by atoms with Gasteiger partial charge in [0, 0.05) is 16.5 Å². The highest BCUT2D eigenvalue weighted by atomic mass is 16.5. The Morgan fingerprint density at radius 1 is 1.00 bits per heavy atom. The number of fused-ring (bicyclic) bond motifs is 4. The van der Waals surface area contributed by atoms with Crippen molar-refractivity contribution < 1.29 is 23.8 Å². The molecule has 0 spiro atoms. The molecule has 0 saturated carbocycles. The molecule has 1 aliphatic rings. The smallest absolute Gasteiger partial charge is 0.342 e. The molecule has 0 aliphatic heterocycles. The Morgan fingerprint density at radius 2 is 1.70 bits per heavy atom. The lowest BCUT2D eigenvalue weighted by Gasteiger charge is -2.23. The van der Waals surface area contributed by atoms with Crippen molar-refractivity contribution in [1.29, 1.82) is 0 Å². The van der Waals surface area contributed by atoms with Gasteiger partial charge in [0.05, 0.1) is 28.4 Å². The maximum Gasteiger partial charge on any atom is 0.342 e. The molecule has 30 heavy (non-hydrogen) atoms. The molecule has 1 aliphatic carbocycles. The van der Waals surface area contributed by atoms with Crippen LogP contribution >= 0.6 is 0 Å². The molecular weight excluding hydrogens is 384 g/mol. The van der Waals surface area contributed by atoms with Gasteiger partial charge in [-0.25, -0.2) is 4.79 Å². The standard InChI is InChI=1S/C24H22O6/c1-11(2)29-17-8-6-7-13-18(17)21(26)19-15(20(13)25)9-12(3)14-10-16(24(4,5)28)23(27)30-22(14)19/h6-11,28H,1-5H3. The van der Waals surface area contributed by atoms with Gasteiger partial charge in [-0.15, -0.1) is 0 Å². The van der Waals surface area contributed by atoms with Crippen molar-refractivity contribution in [3.8, 4) is 5.75 Å². The summed E-state index contributed by atoms with van der Waals surface area (Å²) >= 11 is 0. The van der Waals surface area contributed by atoms with Gasteiger partial charge in [0.15, 0.2) is 11.4 Å². The molecule has 6 heteroatoms. The Labute approximate surface area is 173 Å². The number of benzene rings is 2. The number of ether oxygens (including phenoxy) is 1. The van der Waals surface area contributed by atoms with Crippen LogP contribution in [0.15, 0.2) is 39.5 Å². The van der Waals surface area contributed by atoms with E-state index in [1.165, 1.54) is 19.9 Å².